The molecule has 19 heteroatoms. The van der Waals surface area contributed by atoms with Crippen molar-refractivity contribution in [2.24, 2.45) is 5.73 Å². The van der Waals surface area contributed by atoms with Crippen molar-refractivity contribution in [1.82, 2.24) is 36.1 Å². The number of carboxylic acid groups (broad SMARTS) is 1. The van der Waals surface area contributed by atoms with Crippen molar-refractivity contribution in [3.8, 4) is 45.8 Å². The van der Waals surface area contributed by atoms with Gasteiger partial charge < -0.3 is 46.6 Å². The van der Waals surface area contributed by atoms with Gasteiger partial charge in [0.05, 0.1) is 45.0 Å². The first-order valence-corrected chi connectivity index (χ1v) is 18.9. The second kappa shape index (κ2) is 18.2. The summed E-state index contributed by atoms with van der Waals surface area (Å²) in [6, 6.07) is 24.3. The maximum Gasteiger partial charge on any atom is 0.335 e. The zero-order chi connectivity index (χ0) is 40.8. The molecule has 0 atom stereocenters. The number of carboxylic acids is 1. The summed E-state index contributed by atoms with van der Waals surface area (Å²) in [4.78, 5) is 51.3. The number of methoxy groups -OCH3 is 4. The van der Waals surface area contributed by atoms with Gasteiger partial charge in [-0.1, -0.05) is 24.3 Å². The first kappa shape index (κ1) is 41.2. The predicted molar refractivity (Wildman–Crippen MR) is 227 cm³/mol. The lowest BCUT2D eigenvalue weighted by atomic mass is 10.1. The molecular weight excluding hydrogens is 797 g/mol. The number of benzene rings is 4. The molecule has 0 bridgehead atoms. The molecule has 300 valence electrons. The number of hydrogen-bond donors (Lipinski definition) is 5. The summed E-state index contributed by atoms with van der Waals surface area (Å²) in [6.07, 6.45) is 0. The molecular formula is C40H36N10O7S2. The second-order valence-corrected chi connectivity index (χ2v) is 13.7. The molecule has 59 heavy (non-hydrogen) atoms. The van der Waals surface area contributed by atoms with Gasteiger partial charge in [0.1, 0.15) is 20.7 Å². The fourth-order valence-electron chi connectivity index (χ4n) is 5.66. The van der Waals surface area contributed by atoms with E-state index in [0.717, 1.165) is 16.2 Å². The third-order valence-corrected chi connectivity index (χ3v) is 9.90. The van der Waals surface area contributed by atoms with Gasteiger partial charge in [-0.2, -0.15) is 0 Å². The van der Waals surface area contributed by atoms with Gasteiger partial charge in [0.2, 0.25) is 5.91 Å². The Morgan fingerprint density at radius 1 is 0.593 bits per heavy atom. The van der Waals surface area contributed by atoms with Gasteiger partial charge in [-0.25, -0.2) is 34.7 Å². The summed E-state index contributed by atoms with van der Waals surface area (Å²) in [5.41, 5.74) is 13.4. The summed E-state index contributed by atoms with van der Waals surface area (Å²) < 4.78 is 21.3. The highest BCUT2D eigenvalue weighted by Gasteiger charge is 2.17. The van der Waals surface area contributed by atoms with Crippen molar-refractivity contribution in [3.63, 3.8) is 0 Å². The lowest BCUT2D eigenvalue weighted by Gasteiger charge is -2.12. The number of carbonyl (C=O) groups excluding carboxylic acids is 1. The first-order chi connectivity index (χ1) is 28.2. The molecule has 0 aliphatic carbocycles. The van der Waals surface area contributed by atoms with Gasteiger partial charge in [-0.15, -0.1) is 22.7 Å². The molecule has 8 N–H and O–H groups in total. The number of hydrogen-bond acceptors (Lipinski definition) is 17. The van der Waals surface area contributed by atoms with Crippen LogP contribution in [0.15, 0.2) is 96.0 Å². The van der Waals surface area contributed by atoms with Gasteiger partial charge >= 0.3 is 5.97 Å². The van der Waals surface area contributed by atoms with Crippen LogP contribution in [0.25, 0.3) is 43.5 Å². The van der Waals surface area contributed by atoms with E-state index in [9.17, 15) is 14.7 Å². The number of nitrogens with one attached hydrogen (secondary N) is 2. The van der Waals surface area contributed by atoms with Crippen molar-refractivity contribution in [2.45, 2.75) is 0 Å². The van der Waals surface area contributed by atoms with E-state index in [2.05, 4.69) is 40.5 Å². The van der Waals surface area contributed by atoms with Crippen LogP contribution in [-0.2, 0) is 0 Å². The topological polar surface area (TPSA) is 254 Å². The Balaban J connectivity index is 0.000000195. The van der Waals surface area contributed by atoms with Gasteiger partial charge in [-0.3, -0.25) is 4.79 Å². The Labute approximate surface area is 344 Å². The van der Waals surface area contributed by atoms with E-state index in [-0.39, 0.29) is 11.7 Å². The largest absolute Gasteiger partial charge is 0.493 e. The maximum absolute atomic E-state index is 11.5. The quantitative estimate of drug-likeness (QED) is 0.0782. The lowest BCUT2D eigenvalue weighted by Crippen LogP contribution is -2.10. The highest BCUT2D eigenvalue weighted by atomic mass is 32.1. The molecule has 1 amide bonds. The van der Waals surface area contributed by atoms with Crippen LogP contribution in [0.2, 0.25) is 0 Å². The molecule has 8 aromatic rings. The molecule has 0 aliphatic heterocycles. The number of rotatable bonds is 12. The Hall–Kier alpha value is -7.48. The molecule has 0 spiro atoms. The zero-order valence-electron chi connectivity index (χ0n) is 31.9. The Morgan fingerprint density at radius 3 is 1.46 bits per heavy atom. The number of ether oxygens (including phenoxy) is 4. The molecule has 8 rings (SSSR count). The molecule has 0 aliphatic rings. The van der Waals surface area contributed by atoms with E-state index in [4.69, 9.17) is 24.7 Å². The van der Waals surface area contributed by atoms with E-state index < -0.39 is 11.9 Å². The molecule has 4 heterocycles. The van der Waals surface area contributed by atoms with Crippen LogP contribution in [0, 0.1) is 0 Å². The van der Waals surface area contributed by atoms with Crippen LogP contribution in [0.5, 0.6) is 23.0 Å². The monoisotopic (exact) mass is 832 g/mol. The Bertz CT molecular complexity index is 2610. The molecule has 0 unspecified atom stereocenters. The van der Waals surface area contributed by atoms with E-state index in [1.165, 1.54) is 28.7 Å². The van der Waals surface area contributed by atoms with E-state index >= 15 is 0 Å². The van der Waals surface area contributed by atoms with Crippen LogP contribution in [0.4, 0.5) is 23.0 Å². The second-order valence-electron chi connectivity index (χ2n) is 12.0. The third kappa shape index (κ3) is 9.07. The van der Waals surface area contributed by atoms with Crippen LogP contribution >= 0.6 is 22.7 Å². The van der Waals surface area contributed by atoms with Crippen molar-refractivity contribution in [3.05, 3.63) is 107 Å². The number of aromatic nitrogens is 6. The smallest absolute Gasteiger partial charge is 0.335 e. The van der Waals surface area contributed by atoms with Crippen molar-refractivity contribution < 1.29 is 33.6 Å². The maximum atomic E-state index is 11.5. The summed E-state index contributed by atoms with van der Waals surface area (Å²) >= 11 is 2.79. The summed E-state index contributed by atoms with van der Waals surface area (Å²) in [7, 11) is 6.31. The molecule has 0 radical (unpaired) electrons. The standard InChI is InChI=1S/C20H17N5O3S.C20H16N4O4S.H3N/c1-27-14-7-6-13(9-15(14)28-2)23-19-16-20(29-10-22-16)25-18(24-19)12-5-3-4-11(8-12)17(21)26;1-27-14-7-6-13(9-15(14)28-2)22-18-16-19(29-10-21-16)24-17(23-18)11-4-3-5-12(8-11)20(25)26;/h3-10H,1-2H3,(H2,21,26)(H,23,24,25);3-10H,1-2H3,(H,25,26)(H,22,23,24);1H3. The summed E-state index contributed by atoms with van der Waals surface area (Å²) in [5, 5.41) is 15.8. The number of nitrogens with zero attached hydrogens (tertiary/aromatic N) is 6. The average Bonchev–Trinajstić information content (AvgIpc) is 3.94. The minimum Gasteiger partial charge on any atom is -0.493 e. The minimum absolute atomic E-state index is 0. The number of fused-ring (bicyclic) bond motifs is 2. The number of carbonyl (C=O) groups is 2. The normalized spacial score (nSPS) is 10.5. The SMILES string of the molecule is COc1ccc(Nc2nc(-c3cccc(C(=O)O)c3)nc3scnc23)cc1OC.COc1ccc(Nc2nc(-c3cccc(C(N)=O)c3)nc3scnc23)cc1OC.N. The molecule has 0 saturated carbocycles. The molecule has 0 saturated heterocycles. The number of anilines is 4. The summed E-state index contributed by atoms with van der Waals surface area (Å²) in [6.45, 7) is 0. The molecule has 17 nitrogen and oxygen atoms in total. The minimum atomic E-state index is -1.01. The lowest BCUT2D eigenvalue weighted by molar-refractivity contribution is 0.0696. The number of thiazole rings is 2. The highest BCUT2D eigenvalue weighted by molar-refractivity contribution is 7.16. The van der Waals surface area contributed by atoms with E-state index in [1.54, 1.807) is 94.1 Å². The van der Waals surface area contributed by atoms with Crippen LogP contribution in [0.3, 0.4) is 0 Å². The van der Waals surface area contributed by atoms with Gasteiger partial charge in [0, 0.05) is 40.2 Å². The number of aromatic carboxylic acids is 1. The van der Waals surface area contributed by atoms with Crippen LogP contribution < -0.4 is 41.5 Å². The number of amides is 1. The van der Waals surface area contributed by atoms with Gasteiger partial charge in [0.15, 0.2) is 46.3 Å². The average molecular weight is 833 g/mol. The van der Waals surface area contributed by atoms with Crippen LogP contribution in [-0.4, -0.2) is 75.3 Å². The van der Waals surface area contributed by atoms with Crippen molar-refractivity contribution >= 4 is 78.3 Å². The van der Waals surface area contributed by atoms with Crippen molar-refractivity contribution in [1.29, 1.82) is 0 Å². The number of primary amides is 1. The van der Waals surface area contributed by atoms with E-state index in [0.29, 0.717) is 78.8 Å². The van der Waals surface area contributed by atoms with E-state index in [1.807, 2.05) is 24.3 Å². The van der Waals surface area contributed by atoms with Crippen molar-refractivity contribution in [2.75, 3.05) is 39.1 Å². The molecule has 0 fully saturated rings. The predicted octanol–water partition coefficient (Wildman–Crippen LogP) is 7.99. The third-order valence-electron chi connectivity index (χ3n) is 8.46. The van der Waals surface area contributed by atoms with Crippen LogP contribution in [0.1, 0.15) is 20.7 Å². The fourth-order valence-corrected chi connectivity index (χ4v) is 6.98. The molecule has 4 aromatic carbocycles. The van der Waals surface area contributed by atoms with Gasteiger partial charge in [0.25, 0.3) is 0 Å². The summed E-state index contributed by atoms with van der Waals surface area (Å²) in [5.74, 6) is 2.84. The highest BCUT2D eigenvalue weighted by Crippen LogP contribution is 2.35. The first-order valence-electron chi connectivity index (χ1n) is 17.1. The zero-order valence-corrected chi connectivity index (χ0v) is 33.6. The number of nitrogens with two attached hydrogens (primary N) is 1. The Morgan fingerprint density at radius 2 is 1.03 bits per heavy atom. The molecule has 4 aromatic heterocycles. The fraction of sp³-hybridized carbons (Fsp3) is 0.100. The van der Waals surface area contributed by atoms with Gasteiger partial charge in [-0.05, 0) is 48.5 Å². The Kier molecular flexibility index (Phi) is 12.7.